The second-order valence-corrected chi connectivity index (χ2v) is 2.92. The summed E-state index contributed by atoms with van der Waals surface area (Å²) < 4.78 is 0. The molecule has 3 nitrogen and oxygen atoms in total. The van der Waals surface area contributed by atoms with Crippen molar-refractivity contribution >= 4 is 11.6 Å². The van der Waals surface area contributed by atoms with Crippen LogP contribution in [-0.4, -0.2) is 10.9 Å². The van der Waals surface area contributed by atoms with Crippen LogP contribution in [0.25, 0.3) is 0 Å². The van der Waals surface area contributed by atoms with Gasteiger partial charge < -0.3 is 10.3 Å². The molecule has 1 heterocycles. The molecule has 1 aromatic heterocycles. The van der Waals surface area contributed by atoms with Gasteiger partial charge in [-0.2, -0.15) is 0 Å². The first-order chi connectivity index (χ1) is 6.86. The van der Waals surface area contributed by atoms with Crippen LogP contribution in [-0.2, 0) is 0 Å². The lowest BCUT2D eigenvalue weighted by atomic mass is 10.3. The maximum Gasteiger partial charge on any atom is 0.257 e. The van der Waals surface area contributed by atoms with Crippen molar-refractivity contribution in [1.82, 2.24) is 4.98 Å². The molecule has 14 heavy (non-hydrogen) atoms. The summed E-state index contributed by atoms with van der Waals surface area (Å²) in [6, 6.07) is 11.1. The number of nitrogens with one attached hydrogen (secondary N) is 2. The highest BCUT2D eigenvalue weighted by Gasteiger charge is 2.04. The number of aromatic nitrogens is 1. The minimum Gasteiger partial charge on any atom is -0.367 e. The van der Waals surface area contributed by atoms with Gasteiger partial charge in [0.05, 0.1) is 5.56 Å². The maximum atomic E-state index is 11.5. The molecule has 0 radical (unpaired) electrons. The van der Waals surface area contributed by atoms with Crippen LogP contribution < -0.4 is 5.32 Å². The molecular weight excluding hydrogens is 176 g/mol. The van der Waals surface area contributed by atoms with E-state index in [0.717, 1.165) is 5.69 Å². The summed E-state index contributed by atoms with van der Waals surface area (Å²) in [5.41, 5.74) is 1.44. The quantitative estimate of drug-likeness (QED) is 0.742. The molecule has 2 rings (SSSR count). The molecule has 0 unspecified atom stereocenters. The minimum absolute atomic E-state index is 0.0996. The zero-order valence-corrected chi connectivity index (χ0v) is 7.53. The van der Waals surface area contributed by atoms with E-state index >= 15 is 0 Å². The van der Waals surface area contributed by atoms with Gasteiger partial charge in [-0.3, -0.25) is 4.79 Å². The van der Waals surface area contributed by atoms with Gasteiger partial charge in [0.25, 0.3) is 5.91 Å². The lowest BCUT2D eigenvalue weighted by Crippen LogP contribution is -2.10. The van der Waals surface area contributed by atoms with Crippen LogP contribution in [0.4, 0.5) is 5.69 Å². The van der Waals surface area contributed by atoms with Gasteiger partial charge in [0.1, 0.15) is 0 Å². The monoisotopic (exact) mass is 186 g/mol. The van der Waals surface area contributed by atoms with Crippen molar-refractivity contribution in [2.75, 3.05) is 5.32 Å². The molecule has 1 amide bonds. The van der Waals surface area contributed by atoms with Gasteiger partial charge in [0, 0.05) is 18.1 Å². The zero-order chi connectivity index (χ0) is 9.80. The third-order valence-electron chi connectivity index (χ3n) is 1.89. The third-order valence-corrected chi connectivity index (χ3v) is 1.89. The van der Waals surface area contributed by atoms with E-state index in [2.05, 4.69) is 10.3 Å². The number of amides is 1. The molecule has 0 atom stereocenters. The van der Waals surface area contributed by atoms with E-state index in [-0.39, 0.29) is 5.91 Å². The normalized spacial score (nSPS) is 9.71. The second kappa shape index (κ2) is 3.79. The molecule has 0 bridgehead atoms. The largest absolute Gasteiger partial charge is 0.367 e. The molecule has 2 aromatic rings. The lowest BCUT2D eigenvalue weighted by Gasteiger charge is -2.01. The van der Waals surface area contributed by atoms with Gasteiger partial charge in [0.2, 0.25) is 0 Å². The van der Waals surface area contributed by atoms with Gasteiger partial charge in [-0.15, -0.1) is 0 Å². The molecule has 0 aliphatic carbocycles. The SMILES string of the molecule is O=C(Nc1ccccc1)c1cc[nH]c1. The maximum absolute atomic E-state index is 11.5. The molecular formula is C11H10N2O. The highest BCUT2D eigenvalue weighted by atomic mass is 16.1. The van der Waals surface area contributed by atoms with Crippen molar-refractivity contribution in [2.24, 2.45) is 0 Å². The fourth-order valence-corrected chi connectivity index (χ4v) is 1.19. The number of aromatic amines is 1. The number of benzene rings is 1. The summed E-state index contributed by atoms with van der Waals surface area (Å²) >= 11 is 0. The predicted octanol–water partition coefficient (Wildman–Crippen LogP) is 2.27. The van der Waals surface area contributed by atoms with Gasteiger partial charge in [-0.25, -0.2) is 0 Å². The van der Waals surface area contributed by atoms with Crippen LogP contribution in [0.1, 0.15) is 10.4 Å². The molecule has 0 spiro atoms. The first-order valence-corrected chi connectivity index (χ1v) is 4.35. The van der Waals surface area contributed by atoms with E-state index in [1.807, 2.05) is 30.3 Å². The van der Waals surface area contributed by atoms with Crippen LogP contribution in [0.2, 0.25) is 0 Å². The van der Waals surface area contributed by atoms with Crippen LogP contribution in [0, 0.1) is 0 Å². The summed E-state index contributed by atoms with van der Waals surface area (Å²) in [4.78, 5) is 14.4. The number of carbonyl (C=O) groups excluding carboxylic acids is 1. The van der Waals surface area contributed by atoms with Crippen molar-refractivity contribution in [1.29, 1.82) is 0 Å². The fraction of sp³-hybridized carbons (Fsp3) is 0. The first-order valence-electron chi connectivity index (χ1n) is 4.35. The standard InChI is InChI=1S/C11H10N2O/c14-11(9-6-7-12-8-9)13-10-4-2-1-3-5-10/h1-8,12H,(H,13,14). The summed E-state index contributed by atoms with van der Waals surface area (Å²) in [6.07, 6.45) is 3.39. The van der Waals surface area contributed by atoms with Crippen LogP contribution in [0.15, 0.2) is 48.8 Å². The minimum atomic E-state index is -0.0996. The molecule has 0 fully saturated rings. The van der Waals surface area contributed by atoms with Gasteiger partial charge in [-0.1, -0.05) is 18.2 Å². The van der Waals surface area contributed by atoms with E-state index < -0.39 is 0 Å². The molecule has 0 saturated heterocycles. The van der Waals surface area contributed by atoms with Crippen LogP contribution >= 0.6 is 0 Å². The molecule has 0 aliphatic heterocycles. The Bertz CT molecular complexity index is 406. The van der Waals surface area contributed by atoms with E-state index in [0.29, 0.717) is 5.56 Å². The van der Waals surface area contributed by atoms with Gasteiger partial charge >= 0.3 is 0 Å². The van der Waals surface area contributed by atoms with Gasteiger partial charge in [0.15, 0.2) is 0 Å². The molecule has 0 aliphatic rings. The average molecular weight is 186 g/mol. The number of carbonyl (C=O) groups is 1. The molecule has 2 N–H and O–H groups in total. The van der Waals surface area contributed by atoms with Gasteiger partial charge in [-0.05, 0) is 18.2 Å². The first kappa shape index (κ1) is 8.56. The Morgan fingerprint density at radius 3 is 2.57 bits per heavy atom. The van der Waals surface area contributed by atoms with Crippen LogP contribution in [0.5, 0.6) is 0 Å². The summed E-state index contributed by atoms with van der Waals surface area (Å²) in [7, 11) is 0. The van der Waals surface area contributed by atoms with Crippen molar-refractivity contribution < 1.29 is 4.79 Å². The second-order valence-electron chi connectivity index (χ2n) is 2.92. The topological polar surface area (TPSA) is 44.9 Å². The summed E-state index contributed by atoms with van der Waals surface area (Å²) in [5, 5.41) is 2.79. The van der Waals surface area contributed by atoms with E-state index in [1.165, 1.54) is 0 Å². The Hall–Kier alpha value is -2.03. The van der Waals surface area contributed by atoms with Crippen molar-refractivity contribution in [2.45, 2.75) is 0 Å². The van der Waals surface area contributed by atoms with Crippen molar-refractivity contribution in [3.05, 3.63) is 54.4 Å². The number of rotatable bonds is 2. The Balaban J connectivity index is 2.10. The fourth-order valence-electron chi connectivity index (χ4n) is 1.19. The predicted molar refractivity (Wildman–Crippen MR) is 55.2 cm³/mol. The zero-order valence-electron chi connectivity index (χ0n) is 7.53. The van der Waals surface area contributed by atoms with E-state index in [4.69, 9.17) is 0 Å². The highest BCUT2D eigenvalue weighted by Crippen LogP contribution is 2.07. The van der Waals surface area contributed by atoms with Crippen molar-refractivity contribution in [3.63, 3.8) is 0 Å². The molecule has 3 heteroatoms. The molecule has 0 saturated carbocycles. The lowest BCUT2D eigenvalue weighted by molar-refractivity contribution is 0.102. The average Bonchev–Trinajstić information content (AvgIpc) is 2.72. The third kappa shape index (κ3) is 1.82. The Labute approximate surface area is 81.8 Å². The summed E-state index contributed by atoms with van der Waals surface area (Å²) in [5.74, 6) is -0.0996. The number of para-hydroxylation sites is 1. The molecule has 1 aromatic carbocycles. The van der Waals surface area contributed by atoms with E-state index in [9.17, 15) is 4.79 Å². The number of hydrogen-bond donors (Lipinski definition) is 2. The molecule has 70 valence electrons. The Kier molecular flexibility index (Phi) is 2.32. The Morgan fingerprint density at radius 1 is 1.14 bits per heavy atom. The Morgan fingerprint density at radius 2 is 1.93 bits per heavy atom. The smallest absolute Gasteiger partial charge is 0.257 e. The summed E-state index contributed by atoms with van der Waals surface area (Å²) in [6.45, 7) is 0. The highest BCUT2D eigenvalue weighted by molar-refractivity contribution is 6.04. The number of anilines is 1. The van der Waals surface area contributed by atoms with Crippen molar-refractivity contribution in [3.8, 4) is 0 Å². The number of hydrogen-bond acceptors (Lipinski definition) is 1. The van der Waals surface area contributed by atoms with E-state index in [1.54, 1.807) is 18.5 Å². The number of H-pyrrole nitrogens is 1. The van der Waals surface area contributed by atoms with Crippen LogP contribution in [0.3, 0.4) is 0 Å².